The molecule has 0 saturated carbocycles. The van der Waals surface area contributed by atoms with E-state index >= 15 is 0 Å². The molecular formula is C9H15N5O3S. The molecule has 0 aliphatic rings. The molecule has 0 radical (unpaired) electrons. The van der Waals surface area contributed by atoms with E-state index in [0.29, 0.717) is 11.4 Å². The highest BCUT2D eigenvalue weighted by Crippen LogP contribution is 2.25. The highest BCUT2D eigenvalue weighted by molar-refractivity contribution is 7.89. The largest absolute Gasteiger partial charge is 0.386 e. The van der Waals surface area contributed by atoms with Gasteiger partial charge in [-0.2, -0.15) is 8.42 Å². The van der Waals surface area contributed by atoms with E-state index in [1.807, 2.05) is 0 Å². The van der Waals surface area contributed by atoms with Crippen molar-refractivity contribution < 1.29 is 13.2 Å². The summed E-state index contributed by atoms with van der Waals surface area (Å²) in [5, 5.41) is 5.71. The number of carbonyl (C=O) groups excluding carboxylic acids is 1. The first-order chi connectivity index (χ1) is 8.34. The molecule has 8 nitrogen and oxygen atoms in total. The van der Waals surface area contributed by atoms with Crippen molar-refractivity contribution >= 4 is 27.4 Å². The third-order valence-corrected chi connectivity index (χ3v) is 3.85. The molecular weight excluding hydrogens is 258 g/mol. The van der Waals surface area contributed by atoms with Crippen LogP contribution in [0.4, 0.5) is 16.2 Å². The Morgan fingerprint density at radius 3 is 2.22 bits per heavy atom. The summed E-state index contributed by atoms with van der Waals surface area (Å²) in [5.74, 6) is 5.12. The zero-order valence-electron chi connectivity index (χ0n) is 9.97. The summed E-state index contributed by atoms with van der Waals surface area (Å²) in [6.45, 7) is 0. The van der Waals surface area contributed by atoms with E-state index in [1.54, 1.807) is 20.2 Å². The van der Waals surface area contributed by atoms with E-state index in [1.165, 1.54) is 12.1 Å². The van der Waals surface area contributed by atoms with Gasteiger partial charge in [0.2, 0.25) is 0 Å². The van der Waals surface area contributed by atoms with Crippen LogP contribution in [0.2, 0.25) is 0 Å². The zero-order valence-corrected chi connectivity index (χ0v) is 10.8. The van der Waals surface area contributed by atoms with Crippen LogP contribution >= 0.6 is 0 Å². The van der Waals surface area contributed by atoms with Gasteiger partial charge in [0.15, 0.2) is 0 Å². The second-order valence-corrected chi connectivity index (χ2v) is 5.16. The maximum Gasteiger partial charge on any atom is 0.343 e. The third-order valence-electron chi connectivity index (χ3n) is 2.30. The standard InChI is InChI=1S/C9H15N5O3S/c1-12-7-4-3-6(5-8(7)13-2)18(16,17)14(11)9(10)15/h3-5,12-13H,11H2,1-2H3,(H2,10,15). The summed E-state index contributed by atoms with van der Waals surface area (Å²) in [6.07, 6.45) is 0. The molecule has 0 aromatic heterocycles. The number of nitrogens with two attached hydrogens (primary N) is 2. The average molecular weight is 273 g/mol. The van der Waals surface area contributed by atoms with E-state index < -0.39 is 16.1 Å². The molecule has 1 rings (SSSR count). The Morgan fingerprint density at radius 1 is 1.22 bits per heavy atom. The van der Waals surface area contributed by atoms with E-state index in [2.05, 4.69) is 10.6 Å². The second-order valence-electron chi connectivity index (χ2n) is 3.35. The van der Waals surface area contributed by atoms with Gasteiger partial charge in [0, 0.05) is 14.1 Å². The molecule has 1 aromatic carbocycles. The van der Waals surface area contributed by atoms with E-state index in [-0.39, 0.29) is 9.31 Å². The van der Waals surface area contributed by atoms with Crippen molar-refractivity contribution in [3.63, 3.8) is 0 Å². The normalized spacial score (nSPS) is 10.8. The molecule has 0 aliphatic carbocycles. The molecule has 0 spiro atoms. The second kappa shape index (κ2) is 5.10. The van der Waals surface area contributed by atoms with Crippen LogP contribution < -0.4 is 22.2 Å². The van der Waals surface area contributed by atoms with E-state index in [9.17, 15) is 13.2 Å². The first-order valence-electron chi connectivity index (χ1n) is 4.93. The van der Waals surface area contributed by atoms with Crippen LogP contribution in [0, 0.1) is 0 Å². The number of hydrazine groups is 1. The maximum atomic E-state index is 11.9. The van der Waals surface area contributed by atoms with Crippen LogP contribution in [0.15, 0.2) is 23.1 Å². The first-order valence-corrected chi connectivity index (χ1v) is 6.37. The minimum atomic E-state index is -4.13. The Morgan fingerprint density at radius 2 is 1.78 bits per heavy atom. The Kier molecular flexibility index (Phi) is 3.99. The number of urea groups is 1. The van der Waals surface area contributed by atoms with Crippen LogP contribution in [0.1, 0.15) is 0 Å². The molecule has 1 aromatic rings. The molecule has 0 fully saturated rings. The van der Waals surface area contributed by atoms with Crippen LogP contribution in [0.5, 0.6) is 0 Å². The molecule has 0 aliphatic heterocycles. The van der Waals surface area contributed by atoms with Gasteiger partial charge in [-0.15, -0.1) is 4.41 Å². The Labute approximate surface area is 105 Å². The summed E-state index contributed by atoms with van der Waals surface area (Å²) < 4.78 is 23.8. The number of nitrogens with zero attached hydrogens (tertiary/aromatic N) is 1. The van der Waals surface area contributed by atoms with Crippen molar-refractivity contribution in [1.82, 2.24) is 4.41 Å². The predicted molar refractivity (Wildman–Crippen MR) is 68.3 cm³/mol. The first kappa shape index (κ1) is 14.1. The van der Waals surface area contributed by atoms with Gasteiger partial charge in [0.25, 0.3) is 10.0 Å². The quantitative estimate of drug-likeness (QED) is 0.339. The summed E-state index contributed by atoms with van der Waals surface area (Å²) in [5.41, 5.74) is 6.10. The highest BCUT2D eigenvalue weighted by Gasteiger charge is 2.25. The van der Waals surface area contributed by atoms with Crippen molar-refractivity contribution in [1.29, 1.82) is 0 Å². The monoisotopic (exact) mass is 273 g/mol. The number of hydrogen-bond acceptors (Lipinski definition) is 6. The Hall–Kier alpha value is -2.00. The lowest BCUT2D eigenvalue weighted by atomic mass is 10.2. The molecule has 0 heterocycles. The van der Waals surface area contributed by atoms with E-state index in [4.69, 9.17) is 11.6 Å². The molecule has 100 valence electrons. The summed E-state index contributed by atoms with van der Waals surface area (Å²) in [4.78, 5) is 10.7. The number of anilines is 2. The molecule has 18 heavy (non-hydrogen) atoms. The SMILES string of the molecule is CNc1ccc(S(=O)(=O)N(N)C(N)=O)cc1NC. The molecule has 2 amide bonds. The molecule has 0 unspecified atom stereocenters. The number of hydrogen-bond donors (Lipinski definition) is 4. The van der Waals surface area contributed by atoms with Crippen molar-refractivity contribution in [2.24, 2.45) is 11.6 Å². The van der Waals surface area contributed by atoms with Gasteiger partial charge in [-0.3, -0.25) is 0 Å². The number of amides is 2. The fourth-order valence-electron chi connectivity index (χ4n) is 1.34. The lowest BCUT2D eigenvalue weighted by molar-refractivity contribution is 0.232. The van der Waals surface area contributed by atoms with Crippen molar-refractivity contribution in [3.8, 4) is 0 Å². The van der Waals surface area contributed by atoms with Crippen LogP contribution in [0.3, 0.4) is 0 Å². The summed E-state index contributed by atoms with van der Waals surface area (Å²) in [6, 6.07) is 2.97. The lowest BCUT2D eigenvalue weighted by Crippen LogP contribution is -2.45. The topological polar surface area (TPSA) is 131 Å². The molecule has 0 bridgehead atoms. The van der Waals surface area contributed by atoms with Gasteiger partial charge < -0.3 is 16.4 Å². The number of nitrogens with one attached hydrogen (secondary N) is 2. The fraction of sp³-hybridized carbons (Fsp3) is 0.222. The van der Waals surface area contributed by atoms with Gasteiger partial charge >= 0.3 is 6.03 Å². The van der Waals surface area contributed by atoms with Gasteiger partial charge in [-0.25, -0.2) is 10.6 Å². The Balaban J connectivity index is 3.30. The summed E-state index contributed by atoms with van der Waals surface area (Å²) in [7, 11) is -0.790. The van der Waals surface area contributed by atoms with Gasteiger partial charge in [-0.1, -0.05) is 0 Å². The van der Waals surface area contributed by atoms with Crippen molar-refractivity contribution in [2.75, 3.05) is 24.7 Å². The van der Waals surface area contributed by atoms with Gasteiger partial charge in [-0.05, 0) is 18.2 Å². The average Bonchev–Trinajstić information content (AvgIpc) is 2.36. The highest BCUT2D eigenvalue weighted by atomic mass is 32.2. The fourth-order valence-corrected chi connectivity index (χ4v) is 2.31. The molecule has 0 saturated heterocycles. The van der Waals surface area contributed by atoms with Gasteiger partial charge in [0.05, 0.1) is 16.3 Å². The Bertz CT molecular complexity index is 557. The number of sulfonamides is 1. The predicted octanol–water partition coefficient (Wildman–Crippen LogP) is -0.287. The number of benzene rings is 1. The summed E-state index contributed by atoms with van der Waals surface area (Å²) >= 11 is 0. The van der Waals surface area contributed by atoms with Crippen LogP contribution in [-0.2, 0) is 10.0 Å². The third kappa shape index (κ3) is 2.46. The minimum absolute atomic E-state index is 0.000814. The van der Waals surface area contributed by atoms with Crippen molar-refractivity contribution in [2.45, 2.75) is 4.90 Å². The molecule has 0 atom stereocenters. The zero-order chi connectivity index (χ0) is 13.9. The lowest BCUT2D eigenvalue weighted by Gasteiger charge is -2.16. The van der Waals surface area contributed by atoms with Crippen LogP contribution in [-0.4, -0.2) is 33.0 Å². The van der Waals surface area contributed by atoms with Gasteiger partial charge in [0.1, 0.15) is 0 Å². The van der Waals surface area contributed by atoms with Crippen molar-refractivity contribution in [3.05, 3.63) is 18.2 Å². The van der Waals surface area contributed by atoms with E-state index in [0.717, 1.165) is 0 Å². The number of carbonyl (C=O) groups is 1. The van der Waals surface area contributed by atoms with Crippen LogP contribution in [0.25, 0.3) is 0 Å². The number of rotatable bonds is 4. The molecule has 9 heteroatoms. The smallest absolute Gasteiger partial charge is 0.343 e. The minimum Gasteiger partial charge on any atom is -0.386 e. The number of primary amides is 1. The molecule has 6 N–H and O–H groups in total. The maximum absolute atomic E-state index is 11.9.